The van der Waals surface area contributed by atoms with Crippen molar-refractivity contribution >= 4 is 46.4 Å². The van der Waals surface area contributed by atoms with Crippen molar-refractivity contribution in [3.05, 3.63) is 145 Å². The van der Waals surface area contributed by atoms with Crippen molar-refractivity contribution in [1.82, 2.24) is 19.9 Å². The van der Waals surface area contributed by atoms with Gasteiger partial charge >= 0.3 is 18.5 Å². The van der Waals surface area contributed by atoms with Gasteiger partial charge in [0.05, 0.1) is 67.1 Å². The van der Waals surface area contributed by atoms with Crippen LogP contribution < -0.4 is 18.3 Å². The number of fused-ring (bicyclic) bond motifs is 8. The summed E-state index contributed by atoms with van der Waals surface area (Å²) in [4.78, 5) is 18.1. The van der Waals surface area contributed by atoms with E-state index < -0.39 is 43.7 Å². The molecular weight excluding hydrogens is 1050 g/mol. The molecule has 80 heavy (non-hydrogen) atoms. The maximum Gasteiger partial charge on any atom is 0.389 e. The van der Waals surface area contributed by atoms with Crippen molar-refractivity contribution in [2.45, 2.75) is 135 Å². The van der Waals surface area contributed by atoms with E-state index in [0.717, 1.165) is 6.92 Å². The van der Waals surface area contributed by atoms with E-state index in [1.54, 1.807) is 24.4 Å². The van der Waals surface area contributed by atoms with Crippen molar-refractivity contribution < 1.29 is 66.6 Å². The van der Waals surface area contributed by atoms with Crippen molar-refractivity contribution in [1.29, 1.82) is 0 Å². The van der Waals surface area contributed by atoms with Crippen LogP contribution in [0, 0.1) is 0 Å². The minimum absolute atomic E-state index is 0.0917. The molecule has 0 spiro atoms. The highest BCUT2D eigenvalue weighted by atomic mass is 19.4. The van der Waals surface area contributed by atoms with Gasteiger partial charge in [-0.1, -0.05) is 0 Å². The molecule has 0 atom stereocenters. The zero-order valence-electron chi connectivity index (χ0n) is 44.0. The molecule has 0 radical (unpaired) electrons. The number of halogens is 11. The molecular formula is C61H61F11N8+4. The summed E-state index contributed by atoms with van der Waals surface area (Å²) >= 11 is 0. The lowest BCUT2D eigenvalue weighted by Crippen LogP contribution is -2.36. The van der Waals surface area contributed by atoms with E-state index in [1.165, 1.54) is 0 Å². The van der Waals surface area contributed by atoms with E-state index in [2.05, 4.69) is 9.97 Å². The number of aryl methyl sites for hydroxylation is 4. The summed E-state index contributed by atoms with van der Waals surface area (Å²) < 4.78 is 156. The van der Waals surface area contributed by atoms with Gasteiger partial charge in [-0.25, -0.2) is 18.7 Å². The molecule has 7 aromatic heterocycles. The number of hydrogen-bond acceptors (Lipinski definition) is 2. The van der Waals surface area contributed by atoms with Crippen LogP contribution in [0.2, 0.25) is 0 Å². The van der Waals surface area contributed by atoms with E-state index in [-0.39, 0.29) is 71.0 Å². The summed E-state index contributed by atoms with van der Waals surface area (Å²) in [5, 5.41) is 0. The molecule has 0 fully saturated rings. The van der Waals surface area contributed by atoms with Crippen molar-refractivity contribution in [3.63, 3.8) is 0 Å². The van der Waals surface area contributed by atoms with Gasteiger partial charge in [-0.3, -0.25) is 0 Å². The second-order valence-corrected chi connectivity index (χ2v) is 20.4. The summed E-state index contributed by atoms with van der Waals surface area (Å²) in [6.45, 7) is 2.03. The Morgan fingerprint density at radius 2 is 0.588 bits per heavy atom. The smallest absolute Gasteiger partial charge is 0.354 e. The number of alkyl halides is 11. The molecule has 0 saturated carbocycles. The van der Waals surface area contributed by atoms with Crippen LogP contribution in [-0.4, -0.2) is 44.4 Å². The van der Waals surface area contributed by atoms with Gasteiger partial charge in [-0.05, 0) is 105 Å². The lowest BCUT2D eigenvalue weighted by atomic mass is 10.1. The molecule has 418 valence electrons. The lowest BCUT2D eigenvalue weighted by molar-refractivity contribution is -0.686. The van der Waals surface area contributed by atoms with E-state index in [4.69, 9.17) is 9.97 Å². The summed E-state index contributed by atoms with van der Waals surface area (Å²) in [6, 6.07) is 29.8. The molecule has 8 nitrogen and oxygen atoms in total. The normalized spacial score (nSPS) is 12.9. The average molecular weight is 1120 g/mol. The third-order valence-corrected chi connectivity index (χ3v) is 14.1. The Morgan fingerprint density at radius 1 is 0.338 bits per heavy atom. The van der Waals surface area contributed by atoms with Crippen LogP contribution in [0.1, 0.15) is 107 Å². The number of hydrogen-bond donors (Lipinski definition) is 2. The molecule has 0 unspecified atom stereocenters. The van der Waals surface area contributed by atoms with Gasteiger partial charge in [0.15, 0.2) is 24.8 Å². The summed E-state index contributed by atoms with van der Waals surface area (Å²) in [6.07, 6.45) is -0.178. The lowest BCUT2D eigenvalue weighted by Gasteiger charge is -2.09. The Bertz CT molecular complexity index is 3090. The monoisotopic (exact) mass is 1110 g/mol. The highest BCUT2D eigenvalue weighted by Gasteiger charge is 2.31. The van der Waals surface area contributed by atoms with Crippen molar-refractivity contribution in [2.24, 2.45) is 0 Å². The second kappa shape index (κ2) is 24.4. The van der Waals surface area contributed by atoms with Gasteiger partial charge in [0, 0.05) is 99.9 Å². The second-order valence-electron chi connectivity index (χ2n) is 20.4. The zero-order chi connectivity index (χ0) is 56.7. The summed E-state index contributed by atoms with van der Waals surface area (Å²) in [5.41, 5.74) is 9.48. The van der Waals surface area contributed by atoms with Crippen LogP contribution in [0.3, 0.4) is 0 Å². The van der Waals surface area contributed by atoms with Gasteiger partial charge in [0.1, 0.15) is 26.2 Å². The molecule has 2 N–H and O–H groups in total. The number of nitrogens with one attached hydrogen (secondary N) is 2. The Hall–Kier alpha value is -7.57. The van der Waals surface area contributed by atoms with Crippen molar-refractivity contribution in [3.8, 4) is 45.0 Å². The first-order chi connectivity index (χ1) is 38.2. The van der Waals surface area contributed by atoms with Gasteiger partial charge in [0.25, 0.3) is 0 Å². The van der Waals surface area contributed by atoms with E-state index in [0.29, 0.717) is 103 Å². The van der Waals surface area contributed by atoms with Gasteiger partial charge in [-0.15, -0.1) is 0 Å². The SMILES string of the molecule is CC(F)(F)CCCC[n+]1ccccc1-c1c2nc(c(-c3cccc[n+]3CCCCC(F)(F)F)c3ccc([nH]3)c(-c3cccc[n+]3CCCCC(F)(F)F)c3nc(c(-c4cccc[n+]4CCCCC(F)(F)F)c4ccc1[nH]4)C=C3)C=C2. The molecule has 0 aromatic carbocycles. The number of rotatable bonds is 21. The van der Waals surface area contributed by atoms with E-state index in [9.17, 15) is 48.3 Å². The minimum Gasteiger partial charge on any atom is -0.354 e. The average Bonchev–Trinajstić information content (AvgIpc) is 4.26. The van der Waals surface area contributed by atoms with E-state index >= 15 is 0 Å². The molecule has 8 bridgehead atoms. The highest BCUT2D eigenvalue weighted by molar-refractivity contribution is 5.97. The first-order valence-corrected chi connectivity index (χ1v) is 26.9. The van der Waals surface area contributed by atoms with Gasteiger partial charge < -0.3 is 9.97 Å². The topological polar surface area (TPSA) is 72.9 Å². The van der Waals surface area contributed by atoms with Crippen molar-refractivity contribution in [2.75, 3.05) is 0 Å². The maximum atomic E-state index is 14.0. The molecule has 9 heterocycles. The predicted octanol–water partition coefficient (Wildman–Crippen LogP) is 15.5. The maximum absolute atomic E-state index is 14.0. The number of aromatic nitrogens is 8. The third-order valence-electron chi connectivity index (χ3n) is 14.1. The van der Waals surface area contributed by atoms with Crippen LogP contribution in [0.25, 0.3) is 91.4 Å². The van der Waals surface area contributed by atoms with Gasteiger partial charge in [0.2, 0.25) is 28.7 Å². The highest BCUT2D eigenvalue weighted by Crippen LogP contribution is 2.37. The quantitative estimate of drug-likeness (QED) is 0.0427. The largest absolute Gasteiger partial charge is 0.389 e. The molecule has 9 rings (SSSR count). The Kier molecular flexibility index (Phi) is 17.4. The van der Waals surface area contributed by atoms with Crippen LogP contribution in [0.4, 0.5) is 48.3 Å². The number of aromatic amines is 2. The molecule has 2 aliphatic heterocycles. The summed E-state index contributed by atoms with van der Waals surface area (Å²) in [5.74, 6) is -2.83. The van der Waals surface area contributed by atoms with Crippen LogP contribution >= 0.6 is 0 Å². The first kappa shape index (κ1) is 57.1. The van der Waals surface area contributed by atoms with Crippen LogP contribution in [0.15, 0.2) is 122 Å². The molecule has 2 aliphatic rings. The molecule has 0 saturated heterocycles. The fourth-order valence-electron chi connectivity index (χ4n) is 10.4. The Labute approximate surface area is 455 Å². The minimum atomic E-state index is -4.32. The Morgan fingerprint density at radius 3 is 0.825 bits per heavy atom. The number of H-pyrrole nitrogens is 2. The fraction of sp³-hybridized carbons (Fsp3) is 0.344. The fourth-order valence-corrected chi connectivity index (χ4v) is 10.4. The molecule has 19 heteroatoms. The predicted molar refractivity (Wildman–Crippen MR) is 286 cm³/mol. The molecule has 7 aromatic rings. The van der Waals surface area contributed by atoms with Crippen LogP contribution in [-0.2, 0) is 26.2 Å². The molecule has 0 aliphatic carbocycles. The molecule has 0 amide bonds. The zero-order valence-corrected chi connectivity index (χ0v) is 44.0. The number of nitrogens with zero attached hydrogens (tertiary/aromatic N) is 6. The first-order valence-electron chi connectivity index (χ1n) is 26.9. The van der Waals surface area contributed by atoms with Gasteiger partial charge in [-0.2, -0.15) is 57.8 Å². The standard InChI is InChI=1S/C61H60F11N8/c1-58(62,63)30-6-14-38-77-34-10-2-18-50(77)54-42-22-24-44(73-42)55(51-19-3-11-35-78(51)39-15-7-31-59(64,65)66)46-26-28-48(75-46)57(53-21-5-13-37-80(53)41-17-9-33-61(70,71)72)49-29-27-47(76-49)56(45-25-23-43(54)74-45)52-20-4-12-36-79(52)40-16-8-32-60(67,68)69/h2-5,10-13,18-29,34-37H,6-9,14-17,30-33,38-41H2,1H3,(H,73,74,75,76)/q+3/p+1. The third kappa shape index (κ3) is 14.6. The number of unbranched alkanes of at least 4 members (excludes halogenated alkanes) is 4. The van der Waals surface area contributed by atoms with E-state index in [1.807, 2.05) is 140 Å². The Balaban J connectivity index is 1.35. The van der Waals surface area contributed by atoms with Crippen LogP contribution in [0.5, 0.6) is 0 Å². The summed E-state index contributed by atoms with van der Waals surface area (Å²) in [7, 11) is 0. The number of pyridine rings is 4.